The van der Waals surface area contributed by atoms with Crippen molar-refractivity contribution in [3.63, 3.8) is 0 Å². The molecule has 0 radical (unpaired) electrons. The van der Waals surface area contributed by atoms with E-state index in [1.54, 1.807) is 0 Å². The molecule has 114 valence electrons. The molecule has 1 aliphatic carbocycles. The molecule has 2 rings (SSSR count). The summed E-state index contributed by atoms with van der Waals surface area (Å²) in [4.78, 5) is 0. The van der Waals surface area contributed by atoms with Crippen molar-refractivity contribution in [1.29, 1.82) is 0 Å². The Morgan fingerprint density at radius 1 is 1.30 bits per heavy atom. The second-order valence-electron chi connectivity index (χ2n) is 5.69. The molecule has 1 heterocycles. The zero-order chi connectivity index (χ0) is 14.6. The summed E-state index contributed by atoms with van der Waals surface area (Å²) < 4.78 is 31.6. The van der Waals surface area contributed by atoms with Crippen LogP contribution in [0, 0.1) is 11.8 Å². The summed E-state index contributed by atoms with van der Waals surface area (Å²) in [6.45, 7) is 2.42. The lowest BCUT2D eigenvalue weighted by molar-refractivity contribution is 0.236. The zero-order valence-electron chi connectivity index (χ0n) is 11.8. The van der Waals surface area contributed by atoms with Gasteiger partial charge in [0.1, 0.15) is 12.4 Å². The lowest BCUT2D eigenvalue weighted by Crippen LogP contribution is -2.26. The fraction of sp³-hybridized carbons (Fsp3) is 0.714. The number of aliphatic hydroxyl groups is 1. The van der Waals surface area contributed by atoms with Gasteiger partial charge in [-0.3, -0.25) is 0 Å². The summed E-state index contributed by atoms with van der Waals surface area (Å²) in [7, 11) is -3.59. The van der Waals surface area contributed by atoms with E-state index in [2.05, 4.69) is 11.6 Å². The molecule has 0 amide bonds. The van der Waals surface area contributed by atoms with E-state index >= 15 is 0 Å². The van der Waals surface area contributed by atoms with Gasteiger partial charge in [-0.1, -0.05) is 32.6 Å². The van der Waals surface area contributed by atoms with E-state index in [1.165, 1.54) is 37.8 Å². The SMILES string of the molecule is CC1CCC(CCNS(=O)(=O)c2ccc(CO)o2)CC1. The van der Waals surface area contributed by atoms with E-state index < -0.39 is 10.0 Å². The molecule has 6 heteroatoms. The van der Waals surface area contributed by atoms with Crippen molar-refractivity contribution >= 4 is 10.0 Å². The van der Waals surface area contributed by atoms with Crippen molar-refractivity contribution in [3.05, 3.63) is 17.9 Å². The molecule has 0 spiro atoms. The van der Waals surface area contributed by atoms with Crippen molar-refractivity contribution in [2.45, 2.75) is 50.7 Å². The van der Waals surface area contributed by atoms with Gasteiger partial charge in [0, 0.05) is 6.54 Å². The van der Waals surface area contributed by atoms with Crippen LogP contribution in [0.4, 0.5) is 0 Å². The molecule has 1 aromatic heterocycles. The second kappa shape index (κ2) is 6.74. The number of hydrogen-bond donors (Lipinski definition) is 2. The van der Waals surface area contributed by atoms with Gasteiger partial charge in [-0.25, -0.2) is 13.1 Å². The summed E-state index contributed by atoms with van der Waals surface area (Å²) in [5.74, 6) is 1.69. The Morgan fingerprint density at radius 3 is 2.60 bits per heavy atom. The lowest BCUT2D eigenvalue weighted by atomic mass is 9.81. The van der Waals surface area contributed by atoms with Crippen molar-refractivity contribution in [3.8, 4) is 0 Å². The highest BCUT2D eigenvalue weighted by molar-refractivity contribution is 7.89. The predicted octanol–water partition coefficient (Wildman–Crippen LogP) is 2.27. The molecule has 1 fully saturated rings. The molecule has 0 aliphatic heterocycles. The average molecular weight is 301 g/mol. The van der Waals surface area contributed by atoms with Crippen LogP contribution < -0.4 is 4.72 Å². The fourth-order valence-electron chi connectivity index (χ4n) is 2.67. The van der Waals surface area contributed by atoms with E-state index in [9.17, 15) is 8.42 Å². The van der Waals surface area contributed by atoms with Crippen LogP contribution in [-0.2, 0) is 16.6 Å². The van der Waals surface area contributed by atoms with Crippen molar-refractivity contribution in [2.75, 3.05) is 6.54 Å². The number of rotatable bonds is 6. The minimum absolute atomic E-state index is 0.126. The first-order valence-corrected chi connectivity index (χ1v) is 8.69. The third-order valence-corrected chi connectivity index (χ3v) is 5.37. The summed E-state index contributed by atoms with van der Waals surface area (Å²) in [6, 6.07) is 2.84. The van der Waals surface area contributed by atoms with Gasteiger partial charge in [0.2, 0.25) is 5.09 Å². The maximum absolute atomic E-state index is 12.0. The summed E-state index contributed by atoms with van der Waals surface area (Å²) >= 11 is 0. The molecule has 0 bridgehead atoms. The van der Waals surface area contributed by atoms with Crippen molar-refractivity contribution < 1.29 is 17.9 Å². The van der Waals surface area contributed by atoms with Crippen LogP contribution in [0.2, 0.25) is 0 Å². The van der Waals surface area contributed by atoms with Gasteiger partial charge in [-0.2, -0.15) is 0 Å². The molecule has 1 saturated carbocycles. The second-order valence-corrected chi connectivity index (χ2v) is 7.39. The Bertz CT molecular complexity index is 515. The summed E-state index contributed by atoms with van der Waals surface area (Å²) in [5.41, 5.74) is 0. The number of hydrogen-bond acceptors (Lipinski definition) is 4. The first-order chi connectivity index (χ1) is 9.51. The maximum Gasteiger partial charge on any atom is 0.273 e. The van der Waals surface area contributed by atoms with Gasteiger partial charge >= 0.3 is 0 Å². The normalized spacial score (nSPS) is 23.9. The summed E-state index contributed by atoms with van der Waals surface area (Å²) in [5, 5.41) is 8.75. The topological polar surface area (TPSA) is 79.5 Å². The van der Waals surface area contributed by atoms with Gasteiger partial charge in [-0.15, -0.1) is 0 Å². The van der Waals surface area contributed by atoms with Gasteiger partial charge < -0.3 is 9.52 Å². The first-order valence-electron chi connectivity index (χ1n) is 7.20. The van der Waals surface area contributed by atoms with E-state index in [0.717, 1.165) is 12.3 Å². The highest BCUT2D eigenvalue weighted by Gasteiger charge is 2.21. The third kappa shape index (κ3) is 4.07. The number of sulfonamides is 1. The summed E-state index contributed by atoms with van der Waals surface area (Å²) in [6.07, 6.45) is 5.75. The fourth-order valence-corrected chi connectivity index (χ4v) is 3.67. The maximum atomic E-state index is 12.0. The highest BCUT2D eigenvalue weighted by atomic mass is 32.2. The van der Waals surface area contributed by atoms with Crippen LogP contribution >= 0.6 is 0 Å². The quantitative estimate of drug-likeness (QED) is 0.844. The molecule has 0 atom stereocenters. The molecule has 1 aliphatic rings. The van der Waals surface area contributed by atoms with Gasteiger partial charge in [0.25, 0.3) is 10.0 Å². The van der Waals surface area contributed by atoms with Crippen LogP contribution in [0.25, 0.3) is 0 Å². The van der Waals surface area contributed by atoms with Gasteiger partial charge in [0.05, 0.1) is 0 Å². The predicted molar refractivity (Wildman–Crippen MR) is 75.6 cm³/mol. The molecule has 0 unspecified atom stereocenters. The Labute approximate surface area is 120 Å². The smallest absolute Gasteiger partial charge is 0.273 e. The molecule has 5 nitrogen and oxygen atoms in total. The Kier molecular flexibility index (Phi) is 5.23. The first kappa shape index (κ1) is 15.5. The molecule has 2 N–H and O–H groups in total. The number of nitrogens with one attached hydrogen (secondary N) is 1. The van der Waals surface area contributed by atoms with Crippen LogP contribution in [0.5, 0.6) is 0 Å². The van der Waals surface area contributed by atoms with Crippen molar-refractivity contribution in [2.24, 2.45) is 11.8 Å². The Hall–Kier alpha value is -0.850. The number of furan rings is 1. The molecule has 20 heavy (non-hydrogen) atoms. The Balaban J connectivity index is 1.80. The molecular formula is C14H23NO4S. The van der Waals surface area contributed by atoms with Crippen LogP contribution in [0.3, 0.4) is 0 Å². The van der Waals surface area contributed by atoms with Crippen LogP contribution in [0.15, 0.2) is 21.6 Å². The monoisotopic (exact) mass is 301 g/mol. The average Bonchev–Trinajstić information content (AvgIpc) is 2.90. The van der Waals surface area contributed by atoms with E-state index in [0.29, 0.717) is 12.5 Å². The molecular weight excluding hydrogens is 278 g/mol. The lowest BCUT2D eigenvalue weighted by Gasteiger charge is -2.25. The number of aliphatic hydroxyl groups excluding tert-OH is 1. The van der Waals surface area contributed by atoms with E-state index in [4.69, 9.17) is 9.52 Å². The zero-order valence-corrected chi connectivity index (χ0v) is 12.7. The van der Waals surface area contributed by atoms with Crippen LogP contribution in [-0.4, -0.2) is 20.1 Å². The van der Waals surface area contributed by atoms with E-state index in [-0.39, 0.29) is 17.5 Å². The Morgan fingerprint density at radius 2 is 2.00 bits per heavy atom. The minimum Gasteiger partial charge on any atom is -0.446 e. The van der Waals surface area contributed by atoms with E-state index in [1.807, 2.05) is 0 Å². The van der Waals surface area contributed by atoms with Crippen molar-refractivity contribution in [1.82, 2.24) is 4.72 Å². The molecule has 1 aromatic rings. The molecule has 0 aromatic carbocycles. The minimum atomic E-state index is -3.59. The standard InChI is InChI=1S/C14H23NO4S/c1-11-2-4-12(5-3-11)8-9-15-20(17,18)14-7-6-13(10-16)19-14/h6-7,11-12,15-16H,2-5,8-10H2,1H3. The third-order valence-electron chi connectivity index (χ3n) is 4.04. The molecule has 0 saturated heterocycles. The van der Waals surface area contributed by atoms with Gasteiger partial charge in [0.15, 0.2) is 0 Å². The highest BCUT2D eigenvalue weighted by Crippen LogP contribution is 2.30. The van der Waals surface area contributed by atoms with Crippen LogP contribution in [0.1, 0.15) is 44.8 Å². The largest absolute Gasteiger partial charge is 0.446 e. The van der Waals surface area contributed by atoms with Gasteiger partial charge in [-0.05, 0) is 30.4 Å².